The van der Waals surface area contributed by atoms with Crippen molar-refractivity contribution in [3.05, 3.63) is 58.9 Å². The third-order valence-corrected chi connectivity index (χ3v) is 3.52. The number of halogens is 4. The van der Waals surface area contributed by atoms with Crippen LogP contribution in [-0.4, -0.2) is 15.4 Å². The molecule has 21 heavy (non-hydrogen) atoms. The van der Waals surface area contributed by atoms with Crippen molar-refractivity contribution in [2.45, 2.75) is 6.42 Å². The predicted octanol–water partition coefficient (Wildman–Crippen LogP) is 4.74. The lowest BCUT2D eigenvalue weighted by Crippen LogP contribution is -2.02. The predicted molar refractivity (Wildman–Crippen MR) is 80.4 cm³/mol. The molecule has 3 rings (SSSR count). The molecule has 0 saturated heterocycles. The fourth-order valence-corrected chi connectivity index (χ4v) is 2.70. The van der Waals surface area contributed by atoms with Crippen LogP contribution in [0.3, 0.4) is 0 Å². The van der Waals surface area contributed by atoms with Crippen molar-refractivity contribution in [1.82, 2.24) is 9.55 Å². The van der Waals surface area contributed by atoms with E-state index in [4.69, 9.17) is 23.2 Å². The van der Waals surface area contributed by atoms with Gasteiger partial charge in [-0.2, -0.15) is 0 Å². The zero-order valence-electron chi connectivity index (χ0n) is 10.8. The minimum Gasteiger partial charge on any atom is -0.296 e. The van der Waals surface area contributed by atoms with E-state index in [9.17, 15) is 8.78 Å². The van der Waals surface area contributed by atoms with Crippen LogP contribution in [0.5, 0.6) is 0 Å². The number of rotatable bonds is 3. The largest absolute Gasteiger partial charge is 0.296 e. The van der Waals surface area contributed by atoms with Crippen LogP contribution >= 0.6 is 23.2 Å². The Bertz CT molecular complexity index is 795. The molecule has 0 spiro atoms. The van der Waals surface area contributed by atoms with E-state index in [1.807, 2.05) is 0 Å². The van der Waals surface area contributed by atoms with Crippen LogP contribution in [0.15, 0.2) is 36.4 Å². The number of hydrogen-bond donors (Lipinski definition) is 0. The second kappa shape index (κ2) is 5.62. The Balaban J connectivity index is 2.30. The molecule has 2 aromatic carbocycles. The van der Waals surface area contributed by atoms with Gasteiger partial charge in [-0.15, -0.1) is 11.6 Å². The van der Waals surface area contributed by atoms with Crippen molar-refractivity contribution in [1.29, 1.82) is 0 Å². The van der Waals surface area contributed by atoms with Gasteiger partial charge in [0.15, 0.2) is 0 Å². The van der Waals surface area contributed by atoms with Gasteiger partial charge in [0.1, 0.15) is 17.5 Å². The number of alkyl halides is 1. The van der Waals surface area contributed by atoms with Gasteiger partial charge in [-0.3, -0.25) is 4.57 Å². The molecule has 0 aliphatic rings. The topological polar surface area (TPSA) is 17.8 Å². The molecule has 0 fully saturated rings. The molecule has 3 aromatic rings. The lowest BCUT2D eigenvalue weighted by Gasteiger charge is -2.09. The molecule has 0 N–H and O–H groups in total. The van der Waals surface area contributed by atoms with E-state index in [1.165, 1.54) is 24.3 Å². The summed E-state index contributed by atoms with van der Waals surface area (Å²) in [6.45, 7) is 0. The van der Waals surface area contributed by atoms with Gasteiger partial charge >= 0.3 is 0 Å². The summed E-state index contributed by atoms with van der Waals surface area (Å²) in [6.07, 6.45) is 0.478. The first kappa shape index (κ1) is 14.3. The molecule has 0 aliphatic heterocycles. The molecule has 0 unspecified atom stereocenters. The molecule has 0 radical (unpaired) electrons. The number of imidazole rings is 1. The third kappa shape index (κ3) is 2.74. The van der Waals surface area contributed by atoms with E-state index >= 15 is 0 Å². The van der Waals surface area contributed by atoms with E-state index in [1.54, 1.807) is 16.7 Å². The van der Waals surface area contributed by atoms with Crippen molar-refractivity contribution in [2.75, 3.05) is 5.88 Å². The van der Waals surface area contributed by atoms with E-state index in [0.717, 1.165) is 0 Å². The average molecular weight is 327 g/mol. The smallest absolute Gasteiger partial charge is 0.126 e. The van der Waals surface area contributed by atoms with Gasteiger partial charge in [-0.05, 0) is 30.3 Å². The van der Waals surface area contributed by atoms with Crippen LogP contribution < -0.4 is 0 Å². The van der Waals surface area contributed by atoms with Crippen molar-refractivity contribution < 1.29 is 8.78 Å². The molecule has 0 bridgehead atoms. The van der Waals surface area contributed by atoms with Crippen LogP contribution in [0, 0.1) is 11.6 Å². The lowest BCUT2D eigenvalue weighted by atomic mass is 10.2. The quantitative estimate of drug-likeness (QED) is 0.636. The summed E-state index contributed by atoms with van der Waals surface area (Å²) in [6, 6.07) is 8.50. The SMILES string of the molecule is Fc1cc(Cl)cc(-n2c(CCCl)nc3cc(F)ccc32)c1. The van der Waals surface area contributed by atoms with Gasteiger partial charge in [0, 0.05) is 23.4 Å². The molecule has 2 nitrogen and oxygen atoms in total. The van der Waals surface area contributed by atoms with Gasteiger partial charge in [0.05, 0.1) is 16.7 Å². The number of aromatic nitrogens is 2. The molecule has 1 aromatic heterocycles. The number of hydrogen-bond acceptors (Lipinski definition) is 1. The minimum absolute atomic E-state index is 0.283. The van der Waals surface area contributed by atoms with Crippen LogP contribution in [-0.2, 0) is 6.42 Å². The number of fused-ring (bicyclic) bond motifs is 1. The van der Waals surface area contributed by atoms with E-state index in [2.05, 4.69) is 4.98 Å². The minimum atomic E-state index is -0.446. The number of nitrogens with zero attached hydrogens (tertiary/aromatic N) is 2. The maximum atomic E-state index is 13.6. The normalized spacial score (nSPS) is 11.2. The summed E-state index contributed by atoms with van der Waals surface area (Å²) >= 11 is 11.7. The van der Waals surface area contributed by atoms with E-state index in [-0.39, 0.29) is 10.8 Å². The highest BCUT2D eigenvalue weighted by molar-refractivity contribution is 6.30. The van der Waals surface area contributed by atoms with Gasteiger partial charge in [-0.1, -0.05) is 11.6 Å². The Kier molecular flexibility index (Phi) is 3.83. The van der Waals surface area contributed by atoms with Crippen molar-refractivity contribution in [2.24, 2.45) is 0 Å². The van der Waals surface area contributed by atoms with Crippen LogP contribution in [0.25, 0.3) is 16.7 Å². The second-order valence-corrected chi connectivity index (χ2v) is 5.38. The van der Waals surface area contributed by atoms with Crippen LogP contribution in [0.1, 0.15) is 5.82 Å². The molecule has 0 amide bonds. The Morgan fingerprint density at radius 1 is 1.05 bits per heavy atom. The molecule has 1 heterocycles. The summed E-state index contributed by atoms with van der Waals surface area (Å²) in [7, 11) is 0. The first-order valence-electron chi connectivity index (χ1n) is 6.28. The first-order valence-corrected chi connectivity index (χ1v) is 7.19. The van der Waals surface area contributed by atoms with Gasteiger partial charge in [0.2, 0.25) is 0 Å². The van der Waals surface area contributed by atoms with Crippen molar-refractivity contribution >= 4 is 34.2 Å². The van der Waals surface area contributed by atoms with Crippen LogP contribution in [0.4, 0.5) is 8.78 Å². The van der Waals surface area contributed by atoms with Crippen LogP contribution in [0.2, 0.25) is 5.02 Å². The first-order chi connectivity index (χ1) is 10.1. The Labute approximate surface area is 129 Å². The highest BCUT2D eigenvalue weighted by Crippen LogP contribution is 2.25. The van der Waals surface area contributed by atoms with E-state index < -0.39 is 5.82 Å². The fraction of sp³-hybridized carbons (Fsp3) is 0.133. The van der Waals surface area contributed by atoms with Crippen molar-refractivity contribution in [3.8, 4) is 5.69 Å². The average Bonchev–Trinajstić information content (AvgIpc) is 2.75. The summed E-state index contributed by atoms with van der Waals surface area (Å²) in [5.74, 6) is 0.168. The number of aryl methyl sites for hydroxylation is 1. The van der Waals surface area contributed by atoms with Crippen molar-refractivity contribution in [3.63, 3.8) is 0 Å². The molecule has 0 aliphatic carbocycles. The highest BCUT2D eigenvalue weighted by Gasteiger charge is 2.14. The van der Waals surface area contributed by atoms with Gasteiger partial charge in [-0.25, -0.2) is 13.8 Å². The Morgan fingerprint density at radius 3 is 2.57 bits per heavy atom. The molecule has 108 valence electrons. The molecule has 0 atom stereocenters. The third-order valence-electron chi connectivity index (χ3n) is 3.11. The lowest BCUT2D eigenvalue weighted by molar-refractivity contribution is 0.626. The molecular formula is C15H10Cl2F2N2. The van der Waals surface area contributed by atoms with Gasteiger partial charge in [0.25, 0.3) is 0 Å². The maximum Gasteiger partial charge on any atom is 0.126 e. The maximum absolute atomic E-state index is 13.6. The second-order valence-electron chi connectivity index (χ2n) is 4.56. The van der Waals surface area contributed by atoms with Gasteiger partial charge < -0.3 is 0 Å². The fourth-order valence-electron chi connectivity index (χ4n) is 2.31. The highest BCUT2D eigenvalue weighted by atomic mass is 35.5. The summed E-state index contributed by atoms with van der Waals surface area (Å²) in [4.78, 5) is 4.37. The summed E-state index contributed by atoms with van der Waals surface area (Å²) in [5.41, 5.74) is 1.71. The standard InChI is InChI=1S/C15H10Cl2F2N2/c16-4-3-15-20-13-8-10(18)1-2-14(13)21(15)12-6-9(17)5-11(19)7-12/h1-2,5-8H,3-4H2. The monoisotopic (exact) mass is 326 g/mol. The summed E-state index contributed by atoms with van der Waals surface area (Å²) < 4.78 is 28.7. The molecule has 6 heteroatoms. The van der Waals surface area contributed by atoms with E-state index in [0.29, 0.717) is 34.8 Å². The molecular weight excluding hydrogens is 317 g/mol. The zero-order chi connectivity index (χ0) is 15.0. The Morgan fingerprint density at radius 2 is 1.86 bits per heavy atom. The Hall–Kier alpha value is -1.65. The molecule has 0 saturated carbocycles. The number of benzene rings is 2. The summed E-state index contributed by atoms with van der Waals surface area (Å²) in [5, 5.41) is 0.283. The zero-order valence-corrected chi connectivity index (χ0v) is 12.3.